The molecule has 2 atom stereocenters. The number of rotatable bonds is 3. The van der Waals surface area contributed by atoms with E-state index in [0.29, 0.717) is 12.3 Å². The van der Waals surface area contributed by atoms with Gasteiger partial charge in [0.2, 0.25) is 5.91 Å². The molecule has 1 aromatic carbocycles. The Hall–Kier alpha value is -0.870. The Kier molecular flexibility index (Phi) is 4.99. The first-order valence-electron chi connectivity index (χ1n) is 6.84. The van der Waals surface area contributed by atoms with Crippen molar-refractivity contribution >= 4 is 21.8 Å². The van der Waals surface area contributed by atoms with Crippen LogP contribution in [0.3, 0.4) is 0 Å². The zero-order valence-corrected chi connectivity index (χ0v) is 12.9. The molecular weight excluding hydrogens is 304 g/mol. The Morgan fingerprint density at radius 3 is 3.05 bits per heavy atom. The second-order valence-corrected chi connectivity index (χ2v) is 6.32. The topological polar surface area (TPSA) is 46.3 Å². The van der Waals surface area contributed by atoms with Gasteiger partial charge in [-0.2, -0.15) is 0 Å². The van der Waals surface area contributed by atoms with Gasteiger partial charge in [-0.25, -0.2) is 0 Å². The van der Waals surface area contributed by atoms with Gasteiger partial charge in [-0.05, 0) is 43.4 Å². The molecule has 0 spiro atoms. The number of piperidine rings is 1. The molecule has 3 nitrogen and oxygen atoms in total. The van der Waals surface area contributed by atoms with Gasteiger partial charge in [-0.3, -0.25) is 4.79 Å². The molecule has 0 saturated carbocycles. The van der Waals surface area contributed by atoms with Gasteiger partial charge in [0.25, 0.3) is 0 Å². The standard InChI is InChI=1S/C15H21BrN2O/c1-11(17)13-5-3-7-18(10-13)15(19)9-12-4-2-6-14(16)8-12/h2,4,6,8,11,13H,3,5,7,9-10,17H2,1H3/t11-,13+/m0/s1. The van der Waals surface area contributed by atoms with Gasteiger partial charge in [0.15, 0.2) is 0 Å². The van der Waals surface area contributed by atoms with Crippen LogP contribution in [0.4, 0.5) is 0 Å². The Bertz CT molecular complexity index is 448. The lowest BCUT2D eigenvalue weighted by Gasteiger charge is -2.34. The van der Waals surface area contributed by atoms with Gasteiger partial charge in [0.1, 0.15) is 0 Å². The summed E-state index contributed by atoms with van der Waals surface area (Å²) >= 11 is 3.44. The van der Waals surface area contributed by atoms with E-state index < -0.39 is 0 Å². The molecule has 2 N–H and O–H groups in total. The van der Waals surface area contributed by atoms with Crippen LogP contribution >= 0.6 is 15.9 Å². The third-order valence-electron chi connectivity index (χ3n) is 3.80. The number of halogens is 1. The molecule has 1 aromatic rings. The minimum absolute atomic E-state index is 0.168. The van der Waals surface area contributed by atoms with Crippen molar-refractivity contribution in [3.8, 4) is 0 Å². The van der Waals surface area contributed by atoms with Crippen molar-refractivity contribution in [3.05, 3.63) is 34.3 Å². The highest BCUT2D eigenvalue weighted by molar-refractivity contribution is 9.10. The maximum Gasteiger partial charge on any atom is 0.227 e. The summed E-state index contributed by atoms with van der Waals surface area (Å²) in [5.41, 5.74) is 7.02. The molecule has 1 saturated heterocycles. The average molecular weight is 325 g/mol. The molecule has 0 bridgehead atoms. The molecule has 0 aromatic heterocycles. The lowest BCUT2D eigenvalue weighted by molar-refractivity contribution is -0.132. The maximum absolute atomic E-state index is 12.3. The fourth-order valence-electron chi connectivity index (χ4n) is 2.60. The van der Waals surface area contributed by atoms with Crippen molar-refractivity contribution in [1.82, 2.24) is 4.90 Å². The van der Waals surface area contributed by atoms with Crippen molar-refractivity contribution in [3.63, 3.8) is 0 Å². The van der Waals surface area contributed by atoms with Crippen LogP contribution in [0.2, 0.25) is 0 Å². The second kappa shape index (κ2) is 6.53. The predicted molar refractivity (Wildman–Crippen MR) is 80.8 cm³/mol. The Balaban J connectivity index is 1.96. The number of carbonyl (C=O) groups excluding carboxylic acids is 1. The highest BCUT2D eigenvalue weighted by Crippen LogP contribution is 2.20. The van der Waals surface area contributed by atoms with E-state index in [4.69, 9.17) is 5.73 Å². The Morgan fingerprint density at radius 1 is 1.58 bits per heavy atom. The number of benzene rings is 1. The molecule has 0 radical (unpaired) electrons. The van der Waals surface area contributed by atoms with E-state index >= 15 is 0 Å². The summed E-state index contributed by atoms with van der Waals surface area (Å²) in [7, 11) is 0. The molecule has 0 aliphatic carbocycles. The minimum Gasteiger partial charge on any atom is -0.342 e. The first-order chi connectivity index (χ1) is 9.06. The van der Waals surface area contributed by atoms with Crippen LogP contribution in [0.5, 0.6) is 0 Å². The zero-order chi connectivity index (χ0) is 13.8. The third kappa shape index (κ3) is 4.05. The van der Waals surface area contributed by atoms with Gasteiger partial charge in [-0.15, -0.1) is 0 Å². The number of nitrogens with zero attached hydrogens (tertiary/aromatic N) is 1. The van der Waals surface area contributed by atoms with E-state index in [-0.39, 0.29) is 11.9 Å². The first kappa shape index (κ1) is 14.5. The SMILES string of the molecule is C[C@H](N)[C@@H]1CCCN(C(=O)Cc2cccc(Br)c2)C1. The molecule has 104 valence electrons. The molecule has 0 unspecified atom stereocenters. The lowest BCUT2D eigenvalue weighted by Crippen LogP contribution is -2.45. The number of carbonyl (C=O) groups is 1. The fraction of sp³-hybridized carbons (Fsp3) is 0.533. The zero-order valence-electron chi connectivity index (χ0n) is 11.3. The van der Waals surface area contributed by atoms with Gasteiger partial charge in [0.05, 0.1) is 6.42 Å². The number of nitrogens with two attached hydrogens (primary N) is 1. The molecule has 1 amide bonds. The average Bonchev–Trinajstić information content (AvgIpc) is 2.39. The van der Waals surface area contributed by atoms with Crippen molar-refractivity contribution in [2.75, 3.05) is 13.1 Å². The number of amides is 1. The van der Waals surface area contributed by atoms with Gasteiger partial charge in [-0.1, -0.05) is 28.1 Å². The van der Waals surface area contributed by atoms with Gasteiger partial charge >= 0.3 is 0 Å². The van der Waals surface area contributed by atoms with E-state index in [0.717, 1.165) is 36.0 Å². The summed E-state index contributed by atoms with van der Waals surface area (Å²) in [6, 6.07) is 8.11. The van der Waals surface area contributed by atoms with Crippen molar-refractivity contribution in [2.24, 2.45) is 11.7 Å². The third-order valence-corrected chi connectivity index (χ3v) is 4.29. The number of hydrogen-bond donors (Lipinski definition) is 1. The monoisotopic (exact) mass is 324 g/mol. The molecule has 1 heterocycles. The van der Waals surface area contributed by atoms with E-state index in [1.807, 2.05) is 36.1 Å². The van der Waals surface area contributed by atoms with E-state index in [1.165, 1.54) is 0 Å². The van der Waals surface area contributed by atoms with E-state index in [1.54, 1.807) is 0 Å². The summed E-state index contributed by atoms with van der Waals surface area (Å²) in [6.07, 6.45) is 2.68. The Morgan fingerprint density at radius 2 is 2.37 bits per heavy atom. The smallest absolute Gasteiger partial charge is 0.227 e. The van der Waals surface area contributed by atoms with Crippen LogP contribution in [0.15, 0.2) is 28.7 Å². The quantitative estimate of drug-likeness (QED) is 0.928. The Labute approximate surface area is 123 Å². The molecule has 1 aliphatic heterocycles. The summed E-state index contributed by atoms with van der Waals surface area (Å²) in [5, 5.41) is 0. The molecule has 1 aliphatic rings. The van der Waals surface area contributed by atoms with Crippen LogP contribution in [0, 0.1) is 5.92 Å². The van der Waals surface area contributed by atoms with Crippen LogP contribution in [-0.4, -0.2) is 29.9 Å². The van der Waals surface area contributed by atoms with Crippen molar-refractivity contribution < 1.29 is 4.79 Å². The number of hydrogen-bond acceptors (Lipinski definition) is 2. The van der Waals surface area contributed by atoms with Crippen LogP contribution in [0.25, 0.3) is 0 Å². The van der Waals surface area contributed by atoms with Crippen LogP contribution < -0.4 is 5.73 Å². The van der Waals surface area contributed by atoms with Crippen LogP contribution in [0.1, 0.15) is 25.3 Å². The first-order valence-corrected chi connectivity index (χ1v) is 7.63. The molecule has 1 fully saturated rings. The largest absolute Gasteiger partial charge is 0.342 e. The maximum atomic E-state index is 12.3. The minimum atomic E-state index is 0.168. The summed E-state index contributed by atoms with van der Waals surface area (Å²) in [5.74, 6) is 0.656. The van der Waals surface area contributed by atoms with E-state index in [9.17, 15) is 4.79 Å². The van der Waals surface area contributed by atoms with E-state index in [2.05, 4.69) is 15.9 Å². The summed E-state index contributed by atoms with van der Waals surface area (Å²) in [4.78, 5) is 14.3. The van der Waals surface area contributed by atoms with Crippen molar-refractivity contribution in [2.45, 2.75) is 32.2 Å². The highest BCUT2D eigenvalue weighted by Gasteiger charge is 2.25. The molecular formula is C15H21BrN2O. The molecule has 19 heavy (non-hydrogen) atoms. The fourth-order valence-corrected chi connectivity index (χ4v) is 3.05. The van der Waals surface area contributed by atoms with Crippen LogP contribution in [-0.2, 0) is 11.2 Å². The molecule has 4 heteroatoms. The summed E-state index contributed by atoms with van der Waals surface area (Å²) in [6.45, 7) is 3.72. The predicted octanol–water partition coefficient (Wildman–Crippen LogP) is 2.58. The highest BCUT2D eigenvalue weighted by atomic mass is 79.9. The van der Waals surface area contributed by atoms with Crippen molar-refractivity contribution in [1.29, 1.82) is 0 Å². The second-order valence-electron chi connectivity index (χ2n) is 5.41. The van der Waals surface area contributed by atoms with Gasteiger partial charge < -0.3 is 10.6 Å². The number of likely N-dealkylation sites (tertiary alicyclic amines) is 1. The van der Waals surface area contributed by atoms with Gasteiger partial charge in [0, 0.05) is 23.6 Å². The molecule has 2 rings (SSSR count). The lowest BCUT2D eigenvalue weighted by atomic mass is 9.92. The summed E-state index contributed by atoms with van der Waals surface area (Å²) < 4.78 is 1.02. The normalized spacial score (nSPS) is 21.2.